The third-order valence-electron chi connectivity index (χ3n) is 6.83. The fraction of sp³-hybridized carbons (Fsp3) is 0.963. The van der Waals surface area contributed by atoms with Crippen LogP contribution in [0.4, 0.5) is 0 Å². The second kappa shape index (κ2) is 22.7. The van der Waals surface area contributed by atoms with E-state index < -0.39 is 6.04 Å². The van der Waals surface area contributed by atoms with Crippen molar-refractivity contribution in [2.24, 2.45) is 5.92 Å². The van der Waals surface area contributed by atoms with Gasteiger partial charge in [-0.1, -0.05) is 135 Å². The van der Waals surface area contributed by atoms with Crippen LogP contribution in [-0.4, -0.2) is 27.5 Å². The van der Waals surface area contributed by atoms with Gasteiger partial charge in [0.15, 0.2) is 0 Å². The highest BCUT2D eigenvalue weighted by molar-refractivity contribution is 5.81. The average Bonchev–Trinajstić information content (AvgIpc) is 2.75. The van der Waals surface area contributed by atoms with Gasteiger partial charge in [0.1, 0.15) is 5.78 Å². The Kier molecular flexibility index (Phi) is 22.4. The Balaban J connectivity index is 3.32. The molecule has 2 atom stereocenters. The van der Waals surface area contributed by atoms with Crippen LogP contribution >= 0.6 is 0 Å². The molecule has 2 unspecified atom stereocenters. The minimum Gasteiger partial charge on any atom is -0.299 e. The highest BCUT2D eigenvalue weighted by Gasteiger charge is 2.26. The van der Waals surface area contributed by atoms with Crippen molar-refractivity contribution >= 4 is 5.78 Å². The van der Waals surface area contributed by atoms with Crippen LogP contribution in [0.5, 0.6) is 0 Å². The molecule has 0 aromatic heterocycles. The number of unbranched alkanes of at least 4 members (excludes halogenated alkanes) is 18. The van der Waals surface area contributed by atoms with Gasteiger partial charge in [-0.2, -0.15) is 0 Å². The van der Waals surface area contributed by atoms with Gasteiger partial charge in [0.2, 0.25) is 0 Å². The summed E-state index contributed by atoms with van der Waals surface area (Å²) in [7, 11) is 0. The first-order chi connectivity index (χ1) is 15.0. The third-order valence-corrected chi connectivity index (χ3v) is 6.83. The van der Waals surface area contributed by atoms with Crippen LogP contribution in [-0.2, 0) is 4.79 Å². The largest absolute Gasteiger partial charge is 0.299 e. The molecule has 0 radical (unpaired) electrons. The number of nitrogens with zero attached hydrogens (tertiary/aromatic N) is 1. The smallest absolute Gasteiger partial charge is 0.137 e. The quantitative estimate of drug-likeness (QED) is 0.116. The van der Waals surface area contributed by atoms with E-state index in [0.29, 0.717) is 12.8 Å². The highest BCUT2D eigenvalue weighted by Crippen LogP contribution is 2.18. The van der Waals surface area contributed by atoms with Gasteiger partial charge >= 0.3 is 0 Å². The van der Waals surface area contributed by atoms with E-state index in [4.69, 9.17) is 10.4 Å². The summed E-state index contributed by atoms with van der Waals surface area (Å²) in [6, 6.07) is -0.530. The molecule has 0 aromatic carbocycles. The van der Waals surface area contributed by atoms with Crippen molar-refractivity contribution in [1.82, 2.24) is 5.23 Å². The Morgan fingerprint density at radius 2 is 0.935 bits per heavy atom. The lowest BCUT2D eigenvalue weighted by molar-refractivity contribution is -0.334. The summed E-state index contributed by atoms with van der Waals surface area (Å²) >= 11 is 0. The number of Topliss-reactive ketones (excluding diaryl/α,β-unsaturated/α-hetero) is 1. The molecule has 0 bridgehead atoms. The fourth-order valence-electron chi connectivity index (χ4n) is 4.56. The molecule has 0 aliphatic carbocycles. The molecule has 0 saturated heterocycles. The number of ketones is 1. The number of hydrogen-bond acceptors (Lipinski definition) is 4. The Morgan fingerprint density at radius 1 is 0.613 bits per heavy atom. The number of hydrogen-bond donors (Lipinski definition) is 2. The lowest BCUT2D eigenvalue weighted by Gasteiger charge is -2.24. The van der Waals surface area contributed by atoms with Gasteiger partial charge in [-0.05, 0) is 19.8 Å². The number of carbonyl (C=O) groups excluding carboxylic acids is 1. The maximum absolute atomic E-state index is 12.3. The van der Waals surface area contributed by atoms with E-state index in [1.54, 1.807) is 6.92 Å². The van der Waals surface area contributed by atoms with Crippen molar-refractivity contribution in [3.63, 3.8) is 0 Å². The predicted octanol–water partition coefficient (Wildman–Crippen LogP) is 8.87. The molecular weight excluding hydrogens is 386 g/mol. The first-order valence-corrected chi connectivity index (χ1v) is 13.7. The molecule has 0 fully saturated rings. The van der Waals surface area contributed by atoms with E-state index in [2.05, 4.69) is 6.92 Å². The van der Waals surface area contributed by atoms with Crippen LogP contribution in [0.25, 0.3) is 0 Å². The molecule has 0 rings (SSSR count). The maximum atomic E-state index is 12.3. The van der Waals surface area contributed by atoms with E-state index in [1.165, 1.54) is 109 Å². The fourth-order valence-corrected chi connectivity index (χ4v) is 4.56. The van der Waals surface area contributed by atoms with Crippen LogP contribution in [0.15, 0.2) is 0 Å². The van der Waals surface area contributed by atoms with Gasteiger partial charge < -0.3 is 0 Å². The molecule has 0 aromatic rings. The van der Waals surface area contributed by atoms with Gasteiger partial charge in [-0.25, -0.2) is 0 Å². The molecular formula is C27H55NO3. The number of carbonyl (C=O) groups is 1. The zero-order valence-corrected chi connectivity index (χ0v) is 21.3. The zero-order valence-electron chi connectivity index (χ0n) is 21.3. The molecule has 0 aliphatic rings. The van der Waals surface area contributed by atoms with Crippen molar-refractivity contribution in [2.75, 3.05) is 0 Å². The summed E-state index contributed by atoms with van der Waals surface area (Å²) in [4.78, 5) is 12.3. The minimum absolute atomic E-state index is 0.162. The third kappa shape index (κ3) is 18.8. The number of rotatable bonds is 24. The first kappa shape index (κ1) is 30.6. The molecule has 0 saturated carbocycles. The molecule has 4 nitrogen and oxygen atoms in total. The van der Waals surface area contributed by atoms with Crippen LogP contribution in [0, 0.1) is 5.92 Å². The van der Waals surface area contributed by atoms with E-state index in [0.717, 1.165) is 12.8 Å². The molecule has 0 heterocycles. The molecule has 0 amide bonds. The van der Waals surface area contributed by atoms with Crippen LogP contribution in [0.3, 0.4) is 0 Å². The number of hydroxylamine groups is 2. The van der Waals surface area contributed by atoms with Crippen molar-refractivity contribution in [2.45, 2.75) is 162 Å². The second-order valence-corrected chi connectivity index (χ2v) is 9.66. The molecule has 0 spiro atoms. The van der Waals surface area contributed by atoms with Crippen LogP contribution in [0.1, 0.15) is 156 Å². The van der Waals surface area contributed by atoms with Crippen molar-refractivity contribution in [3.05, 3.63) is 0 Å². The Morgan fingerprint density at radius 3 is 1.23 bits per heavy atom. The van der Waals surface area contributed by atoms with Gasteiger partial charge in [-0.15, -0.1) is 0 Å². The molecule has 0 aliphatic heterocycles. The first-order valence-electron chi connectivity index (χ1n) is 13.7. The molecule has 2 N–H and O–H groups in total. The summed E-state index contributed by atoms with van der Waals surface area (Å²) < 4.78 is 0. The lowest BCUT2D eigenvalue weighted by Crippen LogP contribution is -2.37. The molecule has 31 heavy (non-hydrogen) atoms. The van der Waals surface area contributed by atoms with Gasteiger partial charge in [0.05, 0.1) is 6.04 Å². The topological polar surface area (TPSA) is 60.8 Å². The van der Waals surface area contributed by atoms with Crippen LogP contribution in [0.2, 0.25) is 0 Å². The minimum atomic E-state index is -0.530. The SMILES string of the molecule is CCCCCCCCCCCCCCCCCCCCCC(=O)C(CC)C(C)N(O)O. The summed E-state index contributed by atoms with van der Waals surface area (Å²) in [5, 5.41) is 18.5. The standard InChI is InChI=1S/C27H55NO3/c1-4-6-7-8-9-10-11-12-13-14-15-16-17-18-19-20-21-22-23-24-27(29)26(5-2)25(3)28(30)31/h25-26,30-31H,4-24H2,1-3H3. The van der Waals surface area contributed by atoms with E-state index in [1.807, 2.05) is 6.92 Å². The van der Waals surface area contributed by atoms with Gasteiger partial charge in [0.25, 0.3) is 0 Å². The summed E-state index contributed by atoms with van der Waals surface area (Å²) in [6.07, 6.45) is 26.9. The lowest BCUT2D eigenvalue weighted by atomic mass is 9.90. The average molecular weight is 442 g/mol. The predicted molar refractivity (Wildman–Crippen MR) is 132 cm³/mol. The van der Waals surface area contributed by atoms with Crippen molar-refractivity contribution in [3.8, 4) is 0 Å². The van der Waals surface area contributed by atoms with E-state index >= 15 is 0 Å². The van der Waals surface area contributed by atoms with Crippen molar-refractivity contribution < 1.29 is 15.2 Å². The molecule has 4 heteroatoms. The van der Waals surface area contributed by atoms with Gasteiger partial charge in [0, 0.05) is 12.3 Å². The Bertz CT molecular complexity index is 387. The normalized spacial score (nSPS) is 13.6. The summed E-state index contributed by atoms with van der Waals surface area (Å²) in [5.41, 5.74) is 0. The summed E-state index contributed by atoms with van der Waals surface area (Å²) in [5.74, 6) is -0.124. The molecule has 186 valence electrons. The maximum Gasteiger partial charge on any atom is 0.137 e. The van der Waals surface area contributed by atoms with E-state index in [9.17, 15) is 4.79 Å². The zero-order chi connectivity index (χ0) is 23.2. The van der Waals surface area contributed by atoms with Gasteiger partial charge in [-0.3, -0.25) is 15.2 Å². The monoisotopic (exact) mass is 441 g/mol. The second-order valence-electron chi connectivity index (χ2n) is 9.66. The van der Waals surface area contributed by atoms with Crippen LogP contribution < -0.4 is 0 Å². The van der Waals surface area contributed by atoms with E-state index in [-0.39, 0.29) is 16.9 Å². The van der Waals surface area contributed by atoms with Crippen molar-refractivity contribution in [1.29, 1.82) is 0 Å². The highest BCUT2D eigenvalue weighted by atomic mass is 16.8. The summed E-state index contributed by atoms with van der Waals surface area (Å²) in [6.45, 7) is 5.89. The Hall–Kier alpha value is -0.450. The Labute approximate surface area is 194 Å².